The fraction of sp³-hybridized carbons (Fsp3) is 0.214. The summed E-state index contributed by atoms with van der Waals surface area (Å²) in [4.78, 5) is 21.5. The number of nitrogens with zero attached hydrogens (tertiary/aromatic N) is 4. The highest BCUT2D eigenvalue weighted by atomic mass is 32.1. The second kappa shape index (κ2) is 11.1. The number of ether oxygens (including phenoxy) is 1. The maximum Gasteiger partial charge on any atom is 0.323 e. The number of hydrogen-bond acceptors (Lipinski definition) is 7. The van der Waals surface area contributed by atoms with Gasteiger partial charge in [-0.25, -0.2) is 19.2 Å². The number of fused-ring (bicyclic) bond motifs is 1. The highest BCUT2D eigenvalue weighted by Gasteiger charge is 2.17. The smallest absolute Gasteiger partial charge is 0.323 e. The molecule has 0 bridgehead atoms. The first-order valence-electron chi connectivity index (χ1n) is 12.5. The van der Waals surface area contributed by atoms with Crippen LogP contribution < -0.4 is 20.7 Å². The second-order valence-corrected chi connectivity index (χ2v) is 10.4. The Morgan fingerprint density at radius 3 is 2.54 bits per heavy atom. The van der Waals surface area contributed by atoms with Gasteiger partial charge >= 0.3 is 6.03 Å². The van der Waals surface area contributed by atoms with Crippen LogP contribution in [0.15, 0.2) is 66.4 Å². The van der Waals surface area contributed by atoms with E-state index in [9.17, 15) is 9.18 Å². The molecule has 0 saturated carbocycles. The van der Waals surface area contributed by atoms with E-state index in [1.165, 1.54) is 12.1 Å². The van der Waals surface area contributed by atoms with Crippen molar-refractivity contribution in [2.24, 2.45) is 0 Å². The molecule has 5 aromatic rings. The van der Waals surface area contributed by atoms with Crippen LogP contribution in [0, 0.1) is 5.82 Å². The zero-order chi connectivity index (χ0) is 27.5. The van der Waals surface area contributed by atoms with E-state index in [-0.39, 0.29) is 23.5 Å². The van der Waals surface area contributed by atoms with Gasteiger partial charge in [-0.1, -0.05) is 6.07 Å². The van der Waals surface area contributed by atoms with Gasteiger partial charge in [0.2, 0.25) is 0 Å². The number of carbonyl (C=O) groups excluding carboxylic acids is 1. The Bertz CT molecular complexity index is 1630. The quantitative estimate of drug-likeness (QED) is 0.186. The Labute approximate surface area is 229 Å². The Balaban J connectivity index is 1.31. The molecule has 5 rings (SSSR count). The molecular formula is C28H28FN7O2S. The fourth-order valence-corrected chi connectivity index (χ4v) is 4.55. The van der Waals surface area contributed by atoms with Crippen LogP contribution >= 0.6 is 11.3 Å². The molecule has 0 radical (unpaired) electrons. The van der Waals surface area contributed by atoms with E-state index >= 15 is 0 Å². The van der Waals surface area contributed by atoms with E-state index in [0.717, 1.165) is 15.8 Å². The number of carbonyl (C=O) groups is 1. The van der Waals surface area contributed by atoms with E-state index in [1.54, 1.807) is 52.1 Å². The average Bonchev–Trinajstić information content (AvgIpc) is 3.52. The summed E-state index contributed by atoms with van der Waals surface area (Å²) in [7, 11) is 0. The van der Waals surface area contributed by atoms with E-state index in [0.29, 0.717) is 22.9 Å². The normalized spacial score (nSPS) is 11.3. The minimum absolute atomic E-state index is 0.0124. The second-order valence-electron chi connectivity index (χ2n) is 9.50. The maximum absolute atomic E-state index is 14.9. The predicted octanol–water partition coefficient (Wildman–Crippen LogP) is 7.53. The van der Waals surface area contributed by atoms with Crippen molar-refractivity contribution in [3.8, 4) is 22.8 Å². The molecule has 11 heteroatoms. The van der Waals surface area contributed by atoms with Crippen LogP contribution in [0.3, 0.4) is 0 Å². The monoisotopic (exact) mass is 545 g/mol. The van der Waals surface area contributed by atoms with E-state index < -0.39 is 11.8 Å². The fourth-order valence-electron chi connectivity index (χ4n) is 3.89. The number of anilines is 3. The number of hydrogen-bond donors (Lipinski definition) is 3. The van der Waals surface area contributed by atoms with Gasteiger partial charge in [0.05, 0.1) is 27.1 Å². The van der Waals surface area contributed by atoms with Crippen molar-refractivity contribution < 1.29 is 13.9 Å². The molecule has 200 valence electrons. The number of benzene rings is 2. The number of aromatic nitrogens is 4. The summed E-state index contributed by atoms with van der Waals surface area (Å²) in [5.74, 6) is 0.823. The summed E-state index contributed by atoms with van der Waals surface area (Å²) >= 11 is 1.56. The van der Waals surface area contributed by atoms with Gasteiger partial charge in [0, 0.05) is 42.2 Å². The minimum Gasteiger partial charge on any atom is -0.457 e. The average molecular weight is 546 g/mol. The standard InChI is InChI=1S/C28H28FN7O2S/c1-16(2)32-26-13-20(9-10-30-26)38-19-6-7-22(21(29)12-19)33-28(37)34-24-14-36(17(3)4)35-27(24)18-5-8-25-23(11-18)31-15-39-25/h5-17H,1-4H3,(H,30,32)(H2,33,34,37). The lowest BCUT2D eigenvalue weighted by atomic mass is 10.1. The number of rotatable bonds is 8. The third kappa shape index (κ3) is 6.15. The molecule has 9 nitrogen and oxygen atoms in total. The molecule has 0 aliphatic carbocycles. The Hall–Kier alpha value is -4.51. The van der Waals surface area contributed by atoms with Crippen LogP contribution in [0.2, 0.25) is 0 Å². The third-order valence-corrected chi connectivity index (χ3v) is 6.52. The number of pyridine rings is 1. The number of urea groups is 1. The van der Waals surface area contributed by atoms with Gasteiger partial charge < -0.3 is 20.7 Å². The molecule has 2 amide bonds. The van der Waals surface area contributed by atoms with Crippen molar-refractivity contribution >= 4 is 44.8 Å². The molecule has 3 aromatic heterocycles. The molecule has 2 aromatic carbocycles. The Morgan fingerprint density at radius 2 is 1.77 bits per heavy atom. The SMILES string of the molecule is CC(C)Nc1cc(Oc2ccc(NC(=O)Nc3cn(C(C)C)nc3-c3ccc4scnc4c3)c(F)c2)ccn1. The lowest BCUT2D eigenvalue weighted by Gasteiger charge is -2.12. The molecule has 3 N–H and O–H groups in total. The Morgan fingerprint density at radius 1 is 0.974 bits per heavy atom. The van der Waals surface area contributed by atoms with Crippen LogP contribution in [0.1, 0.15) is 33.7 Å². The van der Waals surface area contributed by atoms with Gasteiger partial charge in [-0.05, 0) is 58.0 Å². The van der Waals surface area contributed by atoms with Gasteiger partial charge in [-0.15, -0.1) is 11.3 Å². The minimum atomic E-state index is -0.635. The summed E-state index contributed by atoms with van der Waals surface area (Å²) in [5, 5.41) is 13.3. The maximum atomic E-state index is 14.9. The summed E-state index contributed by atoms with van der Waals surface area (Å²) in [6.07, 6.45) is 3.37. The summed E-state index contributed by atoms with van der Waals surface area (Å²) in [6.45, 7) is 8.00. The van der Waals surface area contributed by atoms with Crippen molar-refractivity contribution in [2.75, 3.05) is 16.0 Å². The van der Waals surface area contributed by atoms with Crippen LogP contribution in [0.4, 0.5) is 26.4 Å². The molecule has 0 aliphatic rings. The molecule has 0 atom stereocenters. The van der Waals surface area contributed by atoms with Crippen molar-refractivity contribution in [1.82, 2.24) is 19.7 Å². The number of thiazole rings is 1. The molecule has 0 saturated heterocycles. The van der Waals surface area contributed by atoms with E-state index in [4.69, 9.17) is 4.74 Å². The number of halogens is 1. The van der Waals surface area contributed by atoms with Gasteiger partial charge in [0.1, 0.15) is 28.8 Å². The van der Waals surface area contributed by atoms with Crippen LogP contribution in [0.5, 0.6) is 11.5 Å². The van der Waals surface area contributed by atoms with Crippen molar-refractivity contribution in [3.63, 3.8) is 0 Å². The van der Waals surface area contributed by atoms with Crippen molar-refractivity contribution in [1.29, 1.82) is 0 Å². The molecule has 0 unspecified atom stereocenters. The van der Waals surface area contributed by atoms with Gasteiger partial charge in [-0.2, -0.15) is 5.10 Å². The first kappa shape index (κ1) is 26.1. The molecule has 0 spiro atoms. The summed E-state index contributed by atoms with van der Waals surface area (Å²) in [5.41, 5.74) is 4.57. The number of amides is 2. The molecule has 0 aliphatic heterocycles. The van der Waals surface area contributed by atoms with Crippen molar-refractivity contribution in [2.45, 2.75) is 39.8 Å². The van der Waals surface area contributed by atoms with Crippen LogP contribution in [-0.4, -0.2) is 31.8 Å². The summed E-state index contributed by atoms with van der Waals surface area (Å²) < 4.78 is 23.5. The molecular weight excluding hydrogens is 517 g/mol. The van der Waals surface area contributed by atoms with Crippen LogP contribution in [0.25, 0.3) is 21.5 Å². The van der Waals surface area contributed by atoms with E-state index in [1.807, 2.05) is 45.9 Å². The van der Waals surface area contributed by atoms with Gasteiger partial charge in [-0.3, -0.25) is 4.68 Å². The molecule has 39 heavy (non-hydrogen) atoms. The highest BCUT2D eigenvalue weighted by molar-refractivity contribution is 7.16. The van der Waals surface area contributed by atoms with Gasteiger partial charge in [0.25, 0.3) is 0 Å². The third-order valence-electron chi connectivity index (χ3n) is 5.71. The zero-order valence-corrected chi connectivity index (χ0v) is 22.7. The molecule has 0 fully saturated rings. The van der Waals surface area contributed by atoms with Gasteiger partial charge in [0.15, 0.2) is 0 Å². The largest absolute Gasteiger partial charge is 0.457 e. The van der Waals surface area contributed by atoms with Crippen LogP contribution in [-0.2, 0) is 0 Å². The van der Waals surface area contributed by atoms with Crippen molar-refractivity contribution in [3.05, 3.63) is 72.3 Å². The van der Waals surface area contributed by atoms with E-state index in [2.05, 4.69) is 31.0 Å². The molecule has 3 heterocycles. The Kier molecular flexibility index (Phi) is 7.42. The zero-order valence-electron chi connectivity index (χ0n) is 21.9. The lowest BCUT2D eigenvalue weighted by molar-refractivity contribution is 0.262. The highest BCUT2D eigenvalue weighted by Crippen LogP contribution is 2.32. The summed E-state index contributed by atoms with van der Waals surface area (Å²) in [6, 6.07) is 13.2. The lowest BCUT2D eigenvalue weighted by Crippen LogP contribution is -2.20. The number of nitrogens with one attached hydrogen (secondary N) is 3. The topological polar surface area (TPSA) is 106 Å². The first-order chi connectivity index (χ1) is 18.7. The predicted molar refractivity (Wildman–Crippen MR) is 153 cm³/mol. The first-order valence-corrected chi connectivity index (χ1v) is 13.3.